The summed E-state index contributed by atoms with van der Waals surface area (Å²) in [5, 5.41) is 0. The Bertz CT molecular complexity index is 247. The summed E-state index contributed by atoms with van der Waals surface area (Å²) in [4.78, 5) is 11.6. The fourth-order valence-corrected chi connectivity index (χ4v) is 1.93. The minimum Gasteiger partial charge on any atom is -0.458 e. The highest BCUT2D eigenvalue weighted by molar-refractivity contribution is 5.88. The molecule has 0 spiro atoms. The Balaban J connectivity index is 2.34. The number of carbonyl (C=O) groups excluding carboxylic acids is 1. The Morgan fingerprint density at radius 2 is 2.07 bits per heavy atom. The standard InChI is InChI=1S/C13H20O2/c1-3-4-10-15-13(14)11(2)12-8-6-5-7-9-12/h3-4,12H,2,5-10H2,1H3/b4-3+. The molecule has 84 valence electrons. The lowest BCUT2D eigenvalue weighted by Crippen LogP contribution is -2.17. The van der Waals surface area contributed by atoms with Gasteiger partial charge in [0.1, 0.15) is 6.61 Å². The van der Waals surface area contributed by atoms with E-state index in [0.29, 0.717) is 18.1 Å². The first-order valence-corrected chi connectivity index (χ1v) is 5.72. The van der Waals surface area contributed by atoms with Gasteiger partial charge >= 0.3 is 5.97 Å². The molecule has 0 saturated heterocycles. The molecule has 0 radical (unpaired) electrons. The zero-order valence-electron chi connectivity index (χ0n) is 9.50. The molecular weight excluding hydrogens is 188 g/mol. The van der Waals surface area contributed by atoms with Crippen molar-refractivity contribution in [1.29, 1.82) is 0 Å². The SMILES string of the molecule is C=C(C(=O)OC/C=C/C)C1CCCCC1. The van der Waals surface area contributed by atoms with Crippen LogP contribution in [0, 0.1) is 5.92 Å². The van der Waals surface area contributed by atoms with Crippen molar-refractivity contribution in [3.8, 4) is 0 Å². The highest BCUT2D eigenvalue weighted by atomic mass is 16.5. The van der Waals surface area contributed by atoms with Crippen LogP contribution in [0.4, 0.5) is 0 Å². The van der Waals surface area contributed by atoms with Gasteiger partial charge in [0.05, 0.1) is 0 Å². The van der Waals surface area contributed by atoms with Gasteiger partial charge in [0.2, 0.25) is 0 Å². The number of carbonyl (C=O) groups is 1. The van der Waals surface area contributed by atoms with Crippen molar-refractivity contribution < 1.29 is 9.53 Å². The Morgan fingerprint density at radius 1 is 1.40 bits per heavy atom. The van der Waals surface area contributed by atoms with Gasteiger partial charge in [-0.1, -0.05) is 38.0 Å². The van der Waals surface area contributed by atoms with E-state index in [-0.39, 0.29) is 5.97 Å². The van der Waals surface area contributed by atoms with Gasteiger partial charge in [-0.2, -0.15) is 0 Å². The lowest BCUT2D eigenvalue weighted by Gasteiger charge is -2.22. The summed E-state index contributed by atoms with van der Waals surface area (Å²) >= 11 is 0. The van der Waals surface area contributed by atoms with E-state index in [4.69, 9.17) is 4.74 Å². The summed E-state index contributed by atoms with van der Waals surface area (Å²) in [6.07, 6.45) is 9.60. The summed E-state index contributed by atoms with van der Waals surface area (Å²) in [7, 11) is 0. The van der Waals surface area contributed by atoms with E-state index in [9.17, 15) is 4.79 Å². The zero-order chi connectivity index (χ0) is 11.1. The van der Waals surface area contributed by atoms with Gasteiger partial charge in [-0.25, -0.2) is 4.79 Å². The van der Waals surface area contributed by atoms with Crippen LogP contribution in [0.5, 0.6) is 0 Å². The van der Waals surface area contributed by atoms with Crippen LogP contribution in [0.2, 0.25) is 0 Å². The van der Waals surface area contributed by atoms with Gasteiger partial charge in [-0.3, -0.25) is 0 Å². The average Bonchev–Trinajstić information content (AvgIpc) is 2.29. The van der Waals surface area contributed by atoms with Gasteiger partial charge in [0.15, 0.2) is 0 Å². The van der Waals surface area contributed by atoms with Crippen LogP contribution in [0.1, 0.15) is 39.0 Å². The minimum atomic E-state index is -0.222. The van der Waals surface area contributed by atoms with Crippen LogP contribution in [0.25, 0.3) is 0 Å². The fraction of sp³-hybridized carbons (Fsp3) is 0.615. The fourth-order valence-electron chi connectivity index (χ4n) is 1.93. The van der Waals surface area contributed by atoms with E-state index >= 15 is 0 Å². The van der Waals surface area contributed by atoms with Gasteiger partial charge in [-0.15, -0.1) is 0 Å². The molecule has 2 nitrogen and oxygen atoms in total. The molecule has 0 unspecified atom stereocenters. The van der Waals surface area contributed by atoms with Crippen molar-refractivity contribution >= 4 is 5.97 Å². The largest absolute Gasteiger partial charge is 0.458 e. The van der Waals surface area contributed by atoms with E-state index in [1.54, 1.807) is 0 Å². The van der Waals surface area contributed by atoms with Crippen molar-refractivity contribution in [2.24, 2.45) is 5.92 Å². The van der Waals surface area contributed by atoms with E-state index < -0.39 is 0 Å². The quantitative estimate of drug-likeness (QED) is 0.403. The topological polar surface area (TPSA) is 26.3 Å². The number of rotatable bonds is 4. The van der Waals surface area contributed by atoms with Crippen LogP contribution < -0.4 is 0 Å². The van der Waals surface area contributed by atoms with Crippen LogP contribution >= 0.6 is 0 Å². The smallest absolute Gasteiger partial charge is 0.333 e. The van der Waals surface area contributed by atoms with Crippen LogP contribution in [-0.4, -0.2) is 12.6 Å². The molecule has 1 aliphatic carbocycles. The van der Waals surface area contributed by atoms with E-state index in [1.807, 2.05) is 19.1 Å². The first-order valence-electron chi connectivity index (χ1n) is 5.72. The Kier molecular flexibility index (Phi) is 5.16. The average molecular weight is 208 g/mol. The molecule has 0 aromatic rings. The summed E-state index contributed by atoms with van der Waals surface area (Å²) in [6, 6.07) is 0. The van der Waals surface area contributed by atoms with Crippen molar-refractivity contribution in [3.05, 3.63) is 24.3 Å². The minimum absolute atomic E-state index is 0.222. The number of hydrogen-bond acceptors (Lipinski definition) is 2. The summed E-state index contributed by atoms with van der Waals surface area (Å²) < 4.78 is 5.07. The Morgan fingerprint density at radius 3 is 2.67 bits per heavy atom. The number of allylic oxidation sites excluding steroid dienone is 1. The van der Waals surface area contributed by atoms with Crippen molar-refractivity contribution in [2.45, 2.75) is 39.0 Å². The van der Waals surface area contributed by atoms with Gasteiger partial charge in [0, 0.05) is 5.57 Å². The third-order valence-corrected chi connectivity index (χ3v) is 2.91. The van der Waals surface area contributed by atoms with Gasteiger partial charge in [0.25, 0.3) is 0 Å². The first-order chi connectivity index (χ1) is 7.25. The van der Waals surface area contributed by atoms with E-state index in [1.165, 1.54) is 19.3 Å². The maximum absolute atomic E-state index is 11.6. The van der Waals surface area contributed by atoms with Gasteiger partial charge < -0.3 is 4.74 Å². The number of esters is 1. The maximum atomic E-state index is 11.6. The molecule has 0 aromatic heterocycles. The molecule has 0 aliphatic heterocycles. The highest BCUT2D eigenvalue weighted by Gasteiger charge is 2.21. The normalized spacial score (nSPS) is 17.9. The molecule has 0 heterocycles. The second-order valence-electron chi connectivity index (χ2n) is 4.03. The first kappa shape index (κ1) is 12.0. The Labute approximate surface area is 92.0 Å². The Hall–Kier alpha value is -1.05. The lowest BCUT2D eigenvalue weighted by atomic mass is 9.84. The molecular formula is C13H20O2. The van der Waals surface area contributed by atoms with E-state index in [2.05, 4.69) is 6.58 Å². The second kappa shape index (κ2) is 6.44. The van der Waals surface area contributed by atoms with Crippen molar-refractivity contribution in [1.82, 2.24) is 0 Å². The third kappa shape index (κ3) is 3.90. The molecule has 0 amide bonds. The highest BCUT2D eigenvalue weighted by Crippen LogP contribution is 2.29. The van der Waals surface area contributed by atoms with Crippen molar-refractivity contribution in [3.63, 3.8) is 0 Å². The summed E-state index contributed by atoms with van der Waals surface area (Å²) in [5.74, 6) is 0.136. The van der Waals surface area contributed by atoms with Crippen LogP contribution in [0.3, 0.4) is 0 Å². The number of hydrogen-bond donors (Lipinski definition) is 0. The molecule has 1 saturated carbocycles. The number of ether oxygens (including phenoxy) is 1. The zero-order valence-corrected chi connectivity index (χ0v) is 9.50. The van der Waals surface area contributed by atoms with Crippen LogP contribution in [0.15, 0.2) is 24.3 Å². The second-order valence-corrected chi connectivity index (χ2v) is 4.03. The van der Waals surface area contributed by atoms with Crippen LogP contribution in [-0.2, 0) is 9.53 Å². The summed E-state index contributed by atoms with van der Waals surface area (Å²) in [5.41, 5.74) is 0.666. The monoisotopic (exact) mass is 208 g/mol. The maximum Gasteiger partial charge on any atom is 0.333 e. The molecule has 1 fully saturated rings. The molecule has 1 rings (SSSR count). The molecule has 2 heteroatoms. The summed E-state index contributed by atoms with van der Waals surface area (Å²) in [6.45, 7) is 6.13. The lowest BCUT2D eigenvalue weighted by molar-refractivity contribution is -0.138. The predicted octanol–water partition coefficient (Wildman–Crippen LogP) is 3.24. The molecule has 0 atom stereocenters. The predicted molar refractivity (Wildman–Crippen MR) is 61.5 cm³/mol. The molecule has 0 N–H and O–H groups in total. The molecule has 15 heavy (non-hydrogen) atoms. The molecule has 1 aliphatic rings. The van der Waals surface area contributed by atoms with E-state index in [0.717, 1.165) is 12.8 Å². The molecule has 0 bridgehead atoms. The third-order valence-electron chi connectivity index (χ3n) is 2.91. The molecule has 0 aromatic carbocycles. The van der Waals surface area contributed by atoms with Gasteiger partial charge in [-0.05, 0) is 25.7 Å². The van der Waals surface area contributed by atoms with Crippen molar-refractivity contribution in [2.75, 3.05) is 6.61 Å².